The topological polar surface area (TPSA) is 104 Å². The molecule has 0 radical (unpaired) electrons. The number of methoxy groups -OCH3 is 1. The number of rotatable bonds is 9. The molecular formula is C28H29N5O3. The van der Waals surface area contributed by atoms with Crippen molar-refractivity contribution in [3.8, 4) is 28.6 Å². The minimum Gasteiger partial charge on any atom is -0.486 e. The van der Waals surface area contributed by atoms with E-state index in [1.807, 2.05) is 60.7 Å². The van der Waals surface area contributed by atoms with E-state index in [1.54, 1.807) is 13.3 Å². The lowest BCUT2D eigenvalue weighted by atomic mass is 10.1. The standard InChI is InChI=1S/C28H29N5O3/c1-34-28-25(32-20-10-8-19(9-11-20)16-30-17-21-5-2-3-14-31-21)13-12-24(33-28)23-6-4-7-26-27(23)36-22(15-29)18-35-26/h2-14,22,30,32H,15-18,29H2,1H3. The van der Waals surface area contributed by atoms with E-state index in [4.69, 9.17) is 24.9 Å². The maximum Gasteiger partial charge on any atom is 0.238 e. The second-order valence-electron chi connectivity index (χ2n) is 8.42. The predicted molar refractivity (Wildman–Crippen MR) is 140 cm³/mol. The molecule has 0 aliphatic carbocycles. The molecular weight excluding hydrogens is 454 g/mol. The molecule has 4 N–H and O–H groups in total. The average Bonchev–Trinajstić information content (AvgIpc) is 2.94. The first-order chi connectivity index (χ1) is 17.7. The molecule has 2 aromatic carbocycles. The molecule has 0 fully saturated rings. The molecule has 5 rings (SSSR count). The lowest BCUT2D eigenvalue weighted by Crippen LogP contribution is -2.35. The van der Waals surface area contributed by atoms with Crippen LogP contribution in [0.15, 0.2) is 79.0 Å². The van der Waals surface area contributed by atoms with Gasteiger partial charge in [0.1, 0.15) is 18.4 Å². The highest BCUT2D eigenvalue weighted by atomic mass is 16.6. The van der Waals surface area contributed by atoms with Crippen LogP contribution >= 0.6 is 0 Å². The molecule has 1 aliphatic heterocycles. The number of pyridine rings is 2. The summed E-state index contributed by atoms with van der Waals surface area (Å²) in [6.45, 7) is 2.30. The summed E-state index contributed by atoms with van der Waals surface area (Å²) in [6, 6.07) is 23.8. The highest BCUT2D eigenvalue weighted by Gasteiger charge is 2.24. The lowest BCUT2D eigenvalue weighted by Gasteiger charge is -2.27. The van der Waals surface area contributed by atoms with Crippen molar-refractivity contribution < 1.29 is 14.2 Å². The van der Waals surface area contributed by atoms with E-state index in [1.165, 1.54) is 5.56 Å². The Bertz CT molecular complexity index is 1300. The Kier molecular flexibility index (Phi) is 7.25. The number of fused-ring (bicyclic) bond motifs is 1. The van der Waals surface area contributed by atoms with Crippen molar-refractivity contribution in [1.29, 1.82) is 0 Å². The number of nitrogens with zero attached hydrogens (tertiary/aromatic N) is 2. The lowest BCUT2D eigenvalue weighted by molar-refractivity contribution is 0.0976. The number of aromatic nitrogens is 2. The minimum atomic E-state index is -0.185. The van der Waals surface area contributed by atoms with Crippen LogP contribution in [-0.2, 0) is 13.1 Å². The number of hydrogen-bond donors (Lipinski definition) is 3. The predicted octanol–water partition coefficient (Wildman–Crippen LogP) is 4.28. The van der Waals surface area contributed by atoms with Gasteiger partial charge in [0.05, 0.1) is 18.5 Å². The van der Waals surface area contributed by atoms with Crippen molar-refractivity contribution in [1.82, 2.24) is 15.3 Å². The van der Waals surface area contributed by atoms with Gasteiger partial charge in [-0.1, -0.05) is 24.3 Å². The van der Waals surface area contributed by atoms with E-state index in [2.05, 4.69) is 27.8 Å². The summed E-state index contributed by atoms with van der Waals surface area (Å²) in [4.78, 5) is 9.07. The van der Waals surface area contributed by atoms with Gasteiger partial charge in [0, 0.05) is 37.1 Å². The summed E-state index contributed by atoms with van der Waals surface area (Å²) < 4.78 is 17.5. The Balaban J connectivity index is 1.27. The first kappa shape index (κ1) is 23.6. The zero-order valence-corrected chi connectivity index (χ0v) is 20.1. The third kappa shape index (κ3) is 5.40. The number of benzene rings is 2. The summed E-state index contributed by atoms with van der Waals surface area (Å²) in [5.41, 5.74) is 11.3. The number of hydrogen-bond acceptors (Lipinski definition) is 8. The van der Waals surface area contributed by atoms with E-state index in [9.17, 15) is 0 Å². The van der Waals surface area contributed by atoms with Crippen molar-refractivity contribution in [3.63, 3.8) is 0 Å². The first-order valence-corrected chi connectivity index (χ1v) is 11.9. The molecule has 0 saturated heterocycles. The molecule has 0 amide bonds. The van der Waals surface area contributed by atoms with Crippen LogP contribution in [0.3, 0.4) is 0 Å². The van der Waals surface area contributed by atoms with Crippen LogP contribution in [-0.4, -0.2) is 36.3 Å². The third-order valence-corrected chi connectivity index (χ3v) is 5.87. The van der Waals surface area contributed by atoms with Gasteiger partial charge in [0.2, 0.25) is 5.88 Å². The van der Waals surface area contributed by atoms with Gasteiger partial charge in [-0.2, -0.15) is 0 Å². The van der Waals surface area contributed by atoms with Crippen LogP contribution in [0, 0.1) is 0 Å². The summed E-state index contributed by atoms with van der Waals surface area (Å²) in [5.74, 6) is 1.83. The van der Waals surface area contributed by atoms with Gasteiger partial charge in [-0.3, -0.25) is 4.98 Å². The van der Waals surface area contributed by atoms with Gasteiger partial charge >= 0.3 is 0 Å². The van der Waals surface area contributed by atoms with Crippen molar-refractivity contribution >= 4 is 11.4 Å². The van der Waals surface area contributed by atoms with Gasteiger partial charge in [-0.25, -0.2) is 4.98 Å². The monoisotopic (exact) mass is 483 g/mol. The van der Waals surface area contributed by atoms with Crippen molar-refractivity contribution in [3.05, 3.63) is 90.3 Å². The van der Waals surface area contributed by atoms with Crippen LogP contribution < -0.4 is 30.6 Å². The number of nitrogens with one attached hydrogen (secondary N) is 2. The Morgan fingerprint density at radius 3 is 2.67 bits per heavy atom. The average molecular weight is 484 g/mol. The molecule has 184 valence electrons. The van der Waals surface area contributed by atoms with Crippen LogP contribution in [0.4, 0.5) is 11.4 Å². The summed E-state index contributed by atoms with van der Waals surface area (Å²) in [6.07, 6.45) is 1.62. The fourth-order valence-corrected chi connectivity index (χ4v) is 3.99. The van der Waals surface area contributed by atoms with E-state index < -0.39 is 0 Å². The highest BCUT2D eigenvalue weighted by molar-refractivity contribution is 5.75. The smallest absolute Gasteiger partial charge is 0.238 e. The summed E-state index contributed by atoms with van der Waals surface area (Å²) in [5, 5.41) is 6.82. The van der Waals surface area contributed by atoms with Crippen LogP contribution in [0.25, 0.3) is 11.3 Å². The molecule has 3 heterocycles. The van der Waals surface area contributed by atoms with E-state index >= 15 is 0 Å². The zero-order valence-electron chi connectivity index (χ0n) is 20.1. The molecule has 1 atom stereocenters. The Morgan fingerprint density at radius 1 is 1.00 bits per heavy atom. The van der Waals surface area contributed by atoms with Gasteiger partial charge < -0.3 is 30.6 Å². The SMILES string of the molecule is COc1nc(-c2cccc3c2OC(CN)CO3)ccc1Nc1ccc(CNCc2ccccn2)cc1. The van der Waals surface area contributed by atoms with Gasteiger partial charge in [0.15, 0.2) is 11.5 Å². The fourth-order valence-electron chi connectivity index (χ4n) is 3.99. The number of anilines is 2. The fraction of sp³-hybridized carbons (Fsp3) is 0.214. The maximum absolute atomic E-state index is 6.08. The quantitative estimate of drug-likeness (QED) is 0.324. The minimum absolute atomic E-state index is 0.185. The Hall–Kier alpha value is -4.14. The van der Waals surface area contributed by atoms with Gasteiger partial charge in [-0.05, 0) is 54.1 Å². The molecule has 0 bridgehead atoms. The molecule has 1 aliphatic rings. The number of ether oxygens (including phenoxy) is 3. The molecule has 1 unspecified atom stereocenters. The van der Waals surface area contributed by atoms with Crippen LogP contribution in [0.2, 0.25) is 0 Å². The molecule has 0 spiro atoms. The highest BCUT2D eigenvalue weighted by Crippen LogP contribution is 2.41. The van der Waals surface area contributed by atoms with Crippen molar-refractivity contribution in [2.24, 2.45) is 5.73 Å². The van der Waals surface area contributed by atoms with Crippen molar-refractivity contribution in [2.75, 3.05) is 25.6 Å². The van der Waals surface area contributed by atoms with Crippen molar-refractivity contribution in [2.45, 2.75) is 19.2 Å². The zero-order chi connectivity index (χ0) is 24.7. The third-order valence-electron chi connectivity index (χ3n) is 5.87. The molecule has 0 saturated carbocycles. The first-order valence-electron chi connectivity index (χ1n) is 11.9. The van der Waals surface area contributed by atoms with E-state index in [0.717, 1.165) is 41.4 Å². The number of nitrogens with two attached hydrogens (primary N) is 1. The second kappa shape index (κ2) is 11.1. The molecule has 2 aromatic heterocycles. The van der Waals surface area contributed by atoms with Gasteiger partial charge in [-0.15, -0.1) is 0 Å². The normalized spacial score (nSPS) is 14.3. The largest absolute Gasteiger partial charge is 0.486 e. The Labute approximate surface area is 210 Å². The van der Waals surface area contributed by atoms with E-state index in [0.29, 0.717) is 30.5 Å². The van der Waals surface area contributed by atoms with Crippen LogP contribution in [0.5, 0.6) is 17.4 Å². The summed E-state index contributed by atoms with van der Waals surface area (Å²) >= 11 is 0. The molecule has 8 heteroatoms. The summed E-state index contributed by atoms with van der Waals surface area (Å²) in [7, 11) is 1.61. The Morgan fingerprint density at radius 2 is 1.89 bits per heavy atom. The van der Waals surface area contributed by atoms with Crippen LogP contribution in [0.1, 0.15) is 11.3 Å². The number of para-hydroxylation sites is 1. The second-order valence-corrected chi connectivity index (χ2v) is 8.42. The van der Waals surface area contributed by atoms with Gasteiger partial charge in [0.25, 0.3) is 0 Å². The molecule has 36 heavy (non-hydrogen) atoms. The molecule has 8 nitrogen and oxygen atoms in total. The maximum atomic E-state index is 6.08. The molecule has 4 aromatic rings. The van der Waals surface area contributed by atoms with E-state index in [-0.39, 0.29) is 6.10 Å².